The van der Waals surface area contributed by atoms with Gasteiger partial charge < -0.3 is 0 Å². The molecule has 0 amide bonds. The van der Waals surface area contributed by atoms with E-state index < -0.39 is 0 Å². The minimum Gasteiger partial charge on any atom is -0.296 e. The summed E-state index contributed by atoms with van der Waals surface area (Å²) in [4.78, 5) is 2.89. The molecule has 1 heteroatoms. The summed E-state index contributed by atoms with van der Waals surface area (Å²) in [6, 6.07) is 1.84. The van der Waals surface area contributed by atoms with Crippen LogP contribution in [0.2, 0.25) is 0 Å². The van der Waals surface area contributed by atoms with Crippen molar-refractivity contribution in [3.63, 3.8) is 0 Å². The Balaban J connectivity index is 1.92. The number of likely N-dealkylation sites (tertiary alicyclic amines) is 1. The van der Waals surface area contributed by atoms with Crippen molar-refractivity contribution in [2.45, 2.75) is 78.3 Å². The number of hydrogen-bond donors (Lipinski definition) is 0. The smallest absolute Gasteiger partial charge is 0.0183 e. The van der Waals surface area contributed by atoms with Gasteiger partial charge in [-0.2, -0.15) is 0 Å². The SMILES string of the molecule is CCN1C(C(C)(C)CC)C2CCCCC23CC13. The molecule has 3 fully saturated rings. The van der Waals surface area contributed by atoms with Gasteiger partial charge in [0.1, 0.15) is 0 Å². The van der Waals surface area contributed by atoms with Crippen molar-refractivity contribution in [2.24, 2.45) is 16.7 Å². The Hall–Kier alpha value is -0.0400. The van der Waals surface area contributed by atoms with Gasteiger partial charge in [0.2, 0.25) is 0 Å². The molecule has 0 bridgehead atoms. The molecule has 98 valence electrons. The van der Waals surface area contributed by atoms with Crippen LogP contribution in [-0.4, -0.2) is 23.5 Å². The van der Waals surface area contributed by atoms with Crippen LogP contribution in [0.1, 0.15) is 66.2 Å². The first-order valence-corrected chi connectivity index (χ1v) is 7.82. The number of rotatable bonds is 3. The first-order chi connectivity index (χ1) is 8.07. The van der Waals surface area contributed by atoms with Gasteiger partial charge in [-0.3, -0.25) is 4.90 Å². The van der Waals surface area contributed by atoms with Crippen molar-refractivity contribution in [1.82, 2.24) is 4.90 Å². The van der Waals surface area contributed by atoms with Crippen molar-refractivity contribution in [3.05, 3.63) is 0 Å². The van der Waals surface area contributed by atoms with Crippen LogP contribution >= 0.6 is 0 Å². The zero-order chi connectivity index (χ0) is 12.3. The molecule has 3 aliphatic rings. The maximum Gasteiger partial charge on any atom is 0.0183 e. The van der Waals surface area contributed by atoms with E-state index in [1.165, 1.54) is 45.1 Å². The van der Waals surface area contributed by atoms with Gasteiger partial charge in [0, 0.05) is 12.1 Å². The van der Waals surface area contributed by atoms with Crippen molar-refractivity contribution in [2.75, 3.05) is 6.54 Å². The van der Waals surface area contributed by atoms with E-state index in [0.717, 1.165) is 23.4 Å². The van der Waals surface area contributed by atoms with Crippen LogP contribution in [0, 0.1) is 16.7 Å². The monoisotopic (exact) mass is 235 g/mol. The Bertz CT molecular complexity index is 309. The molecule has 0 radical (unpaired) electrons. The van der Waals surface area contributed by atoms with Gasteiger partial charge in [-0.05, 0) is 49.0 Å². The first-order valence-electron chi connectivity index (χ1n) is 7.82. The summed E-state index contributed by atoms with van der Waals surface area (Å²) in [6.45, 7) is 11.0. The van der Waals surface area contributed by atoms with Crippen LogP contribution in [-0.2, 0) is 0 Å². The van der Waals surface area contributed by atoms with Gasteiger partial charge >= 0.3 is 0 Å². The minimum absolute atomic E-state index is 0.512. The standard InChI is InChI=1S/C16H29N/c1-5-15(3,4)14-12-9-7-8-10-16(12)11-13(16)17(14)6-2/h12-14H,5-11H2,1-4H3. The maximum absolute atomic E-state index is 2.89. The Labute approximate surface area is 107 Å². The molecule has 4 unspecified atom stereocenters. The van der Waals surface area contributed by atoms with Crippen molar-refractivity contribution >= 4 is 0 Å². The summed E-state index contributed by atoms with van der Waals surface area (Å²) in [6.07, 6.45) is 8.91. The van der Waals surface area contributed by atoms with Crippen LogP contribution in [0.4, 0.5) is 0 Å². The van der Waals surface area contributed by atoms with Gasteiger partial charge in [0.15, 0.2) is 0 Å². The fourth-order valence-corrected chi connectivity index (χ4v) is 5.22. The lowest BCUT2D eigenvalue weighted by atomic mass is 9.66. The second-order valence-electron chi connectivity index (χ2n) is 7.42. The fourth-order valence-electron chi connectivity index (χ4n) is 5.22. The van der Waals surface area contributed by atoms with Crippen LogP contribution in [0.25, 0.3) is 0 Å². The lowest BCUT2D eigenvalue weighted by molar-refractivity contribution is 0.0521. The average molecular weight is 235 g/mol. The molecule has 2 saturated carbocycles. The van der Waals surface area contributed by atoms with Crippen LogP contribution in [0.15, 0.2) is 0 Å². The minimum atomic E-state index is 0.512. The van der Waals surface area contributed by atoms with Crippen LogP contribution < -0.4 is 0 Å². The predicted octanol–water partition coefficient (Wildman–Crippen LogP) is 4.08. The van der Waals surface area contributed by atoms with Gasteiger partial charge in [0.05, 0.1) is 0 Å². The quantitative estimate of drug-likeness (QED) is 0.712. The Morgan fingerprint density at radius 3 is 2.65 bits per heavy atom. The molecule has 0 aromatic carbocycles. The van der Waals surface area contributed by atoms with E-state index in [1.54, 1.807) is 0 Å². The largest absolute Gasteiger partial charge is 0.296 e. The second-order valence-corrected chi connectivity index (χ2v) is 7.42. The summed E-state index contributed by atoms with van der Waals surface area (Å²) in [5, 5.41) is 0. The van der Waals surface area contributed by atoms with E-state index in [-0.39, 0.29) is 0 Å². The molecular formula is C16H29N. The molecule has 1 aliphatic heterocycles. The summed E-state index contributed by atoms with van der Waals surface area (Å²) in [5.41, 5.74) is 1.30. The normalized spacial score (nSPS) is 45.5. The second kappa shape index (κ2) is 3.73. The lowest BCUT2D eigenvalue weighted by Crippen LogP contribution is -2.47. The van der Waals surface area contributed by atoms with E-state index in [0.29, 0.717) is 5.41 Å². The van der Waals surface area contributed by atoms with Gasteiger partial charge in [-0.1, -0.05) is 40.5 Å². The predicted molar refractivity (Wildman–Crippen MR) is 73.0 cm³/mol. The van der Waals surface area contributed by atoms with Crippen molar-refractivity contribution in [1.29, 1.82) is 0 Å². The van der Waals surface area contributed by atoms with E-state index in [1.807, 2.05) is 0 Å². The molecule has 1 nitrogen and oxygen atoms in total. The third-order valence-corrected chi connectivity index (χ3v) is 6.44. The topological polar surface area (TPSA) is 3.24 Å². The number of piperidine rings is 1. The van der Waals surface area contributed by atoms with Gasteiger partial charge in [-0.25, -0.2) is 0 Å². The maximum atomic E-state index is 2.89. The highest BCUT2D eigenvalue weighted by Crippen LogP contribution is 2.70. The van der Waals surface area contributed by atoms with Crippen LogP contribution in [0.3, 0.4) is 0 Å². The molecule has 1 heterocycles. The average Bonchev–Trinajstić information content (AvgIpc) is 2.95. The zero-order valence-corrected chi connectivity index (χ0v) is 12.1. The number of hydrogen-bond acceptors (Lipinski definition) is 1. The zero-order valence-electron chi connectivity index (χ0n) is 12.1. The molecule has 3 rings (SSSR count). The summed E-state index contributed by atoms with van der Waals surface area (Å²) in [5.74, 6) is 1.02. The fraction of sp³-hybridized carbons (Fsp3) is 1.00. The lowest BCUT2D eigenvalue weighted by Gasteiger charge is -2.44. The molecule has 0 aromatic rings. The molecule has 4 atom stereocenters. The van der Waals surface area contributed by atoms with Gasteiger partial charge in [0.25, 0.3) is 0 Å². The molecule has 17 heavy (non-hydrogen) atoms. The summed E-state index contributed by atoms with van der Waals surface area (Å²) >= 11 is 0. The third kappa shape index (κ3) is 1.47. The molecule has 0 N–H and O–H groups in total. The molecular weight excluding hydrogens is 206 g/mol. The summed E-state index contributed by atoms with van der Waals surface area (Å²) in [7, 11) is 0. The molecule has 1 spiro atoms. The third-order valence-electron chi connectivity index (χ3n) is 6.44. The highest BCUT2D eigenvalue weighted by Gasteiger charge is 2.70. The van der Waals surface area contributed by atoms with E-state index in [2.05, 4.69) is 32.6 Å². The number of nitrogens with zero attached hydrogens (tertiary/aromatic N) is 1. The first kappa shape index (κ1) is 12.0. The molecule has 2 aliphatic carbocycles. The highest BCUT2D eigenvalue weighted by molar-refractivity contribution is 5.23. The van der Waals surface area contributed by atoms with Gasteiger partial charge in [-0.15, -0.1) is 0 Å². The molecule has 0 aromatic heterocycles. The highest BCUT2D eigenvalue weighted by atomic mass is 15.3. The van der Waals surface area contributed by atoms with E-state index in [9.17, 15) is 0 Å². The van der Waals surface area contributed by atoms with Crippen molar-refractivity contribution < 1.29 is 0 Å². The summed E-state index contributed by atoms with van der Waals surface area (Å²) < 4.78 is 0. The molecule has 1 saturated heterocycles. The Morgan fingerprint density at radius 1 is 1.24 bits per heavy atom. The van der Waals surface area contributed by atoms with E-state index >= 15 is 0 Å². The van der Waals surface area contributed by atoms with Crippen molar-refractivity contribution in [3.8, 4) is 0 Å². The Kier molecular flexibility index (Phi) is 2.63. The Morgan fingerprint density at radius 2 is 2.00 bits per heavy atom. The van der Waals surface area contributed by atoms with E-state index in [4.69, 9.17) is 0 Å². The van der Waals surface area contributed by atoms with Crippen LogP contribution in [0.5, 0.6) is 0 Å².